The summed E-state index contributed by atoms with van der Waals surface area (Å²) in [4.78, 5) is 8.69. The van der Waals surface area contributed by atoms with Crippen LogP contribution in [0.15, 0.2) is 29.4 Å². The lowest BCUT2D eigenvalue weighted by atomic mass is 9.67. The van der Waals surface area contributed by atoms with Crippen molar-refractivity contribution in [3.63, 3.8) is 0 Å². The third-order valence-electron chi connectivity index (χ3n) is 4.26. The second kappa shape index (κ2) is 12.9. The van der Waals surface area contributed by atoms with Crippen molar-refractivity contribution in [2.45, 2.75) is 65.4 Å². The number of aromatic nitrogens is 3. The van der Waals surface area contributed by atoms with Crippen LogP contribution in [0, 0.1) is 12.7 Å². The zero-order valence-electron chi connectivity index (χ0n) is 20.4. The molecular formula is C23H30B2F3N5S. The van der Waals surface area contributed by atoms with Crippen molar-refractivity contribution in [2.24, 2.45) is 4.99 Å². The van der Waals surface area contributed by atoms with Crippen LogP contribution in [0.25, 0.3) is 16.6 Å². The van der Waals surface area contributed by atoms with Gasteiger partial charge in [0.15, 0.2) is 5.82 Å². The highest BCUT2D eigenvalue weighted by atomic mass is 32.1. The normalized spacial score (nSPS) is 10.9. The smallest absolute Gasteiger partial charge is 0.238 e. The van der Waals surface area contributed by atoms with E-state index in [0.717, 1.165) is 17.0 Å². The Morgan fingerprint density at radius 3 is 2.32 bits per heavy atom. The van der Waals surface area contributed by atoms with Crippen molar-refractivity contribution < 1.29 is 13.2 Å². The minimum absolute atomic E-state index is 0.00378. The van der Waals surface area contributed by atoms with Gasteiger partial charge in [-0.05, 0) is 50.5 Å². The summed E-state index contributed by atoms with van der Waals surface area (Å²) in [6, 6.07) is 5.54. The maximum absolute atomic E-state index is 14.8. The monoisotopic (exact) mass is 487 g/mol. The zero-order chi connectivity index (χ0) is 26.2. The van der Waals surface area contributed by atoms with Gasteiger partial charge in [0.05, 0.1) is 38.8 Å². The highest BCUT2D eigenvalue weighted by Gasteiger charge is 2.22. The molecule has 2 aromatic heterocycles. The van der Waals surface area contributed by atoms with Crippen LogP contribution in [0.2, 0.25) is 0 Å². The third kappa shape index (κ3) is 8.42. The van der Waals surface area contributed by atoms with E-state index in [1.165, 1.54) is 17.6 Å². The van der Waals surface area contributed by atoms with E-state index < -0.39 is 16.8 Å². The van der Waals surface area contributed by atoms with Gasteiger partial charge >= 0.3 is 0 Å². The molecule has 2 N–H and O–H groups in total. The maximum atomic E-state index is 14.8. The van der Waals surface area contributed by atoms with E-state index in [0.29, 0.717) is 22.3 Å². The summed E-state index contributed by atoms with van der Waals surface area (Å²) in [6.45, 7) is 11.2. The molecule has 0 saturated heterocycles. The Balaban J connectivity index is 0.000000733. The van der Waals surface area contributed by atoms with Gasteiger partial charge in [-0.2, -0.15) is 12.6 Å². The summed E-state index contributed by atoms with van der Waals surface area (Å²) in [5.41, 5.74) is 10.4. The number of benzene rings is 1. The number of fused-ring (bicyclic) bond motifs is 1. The highest BCUT2D eigenvalue weighted by molar-refractivity contribution is 7.84. The molecular weight excluding hydrogens is 457 g/mol. The predicted molar refractivity (Wildman–Crippen MR) is 141 cm³/mol. The number of thiol groups is 1. The number of rotatable bonds is 5. The standard InChI is InChI=1S/C18H18B2FN5S.C3H6F2.C2H6/c1-9(2)23-13-5-4-11(6-10(13)3)15-12(21)8-26-16(15)14(7-18(19,20)27)24-17(22)25-26;1-2-3(4)5;1-2/h4-6,8,27H,7H2,1-3H3,(H2,22,25);3H,2H2,1H3;1-2H3. The van der Waals surface area contributed by atoms with E-state index in [1.807, 2.05) is 52.8 Å². The van der Waals surface area contributed by atoms with E-state index in [1.54, 1.807) is 0 Å². The van der Waals surface area contributed by atoms with E-state index in [4.69, 9.17) is 21.4 Å². The second-order valence-corrected chi connectivity index (χ2v) is 8.42. The van der Waals surface area contributed by atoms with Gasteiger partial charge in [0.2, 0.25) is 12.4 Å². The first-order valence-electron chi connectivity index (χ1n) is 10.9. The number of aliphatic imine (C=N–C) groups is 1. The average Bonchev–Trinajstić information content (AvgIpc) is 3.05. The van der Waals surface area contributed by atoms with Gasteiger partial charge < -0.3 is 5.73 Å². The Hall–Kier alpha value is -2.42. The van der Waals surface area contributed by atoms with Gasteiger partial charge in [-0.1, -0.05) is 31.4 Å². The van der Waals surface area contributed by atoms with Crippen LogP contribution >= 0.6 is 12.6 Å². The van der Waals surface area contributed by atoms with Crippen LogP contribution in [-0.4, -0.2) is 47.0 Å². The van der Waals surface area contributed by atoms with E-state index in [9.17, 15) is 13.2 Å². The molecule has 2 heterocycles. The summed E-state index contributed by atoms with van der Waals surface area (Å²) in [7, 11) is 11.6. The minimum Gasteiger partial charge on any atom is -0.367 e. The first kappa shape index (κ1) is 29.6. The van der Waals surface area contributed by atoms with Crippen molar-refractivity contribution in [3.8, 4) is 11.1 Å². The lowest BCUT2D eigenvalue weighted by Crippen LogP contribution is -2.26. The van der Waals surface area contributed by atoms with E-state index in [2.05, 4.69) is 27.7 Å². The van der Waals surface area contributed by atoms with Crippen LogP contribution in [0.5, 0.6) is 0 Å². The fourth-order valence-electron chi connectivity index (χ4n) is 2.99. The van der Waals surface area contributed by atoms with Crippen molar-refractivity contribution >= 4 is 51.2 Å². The molecule has 0 fully saturated rings. The molecule has 3 aromatic rings. The summed E-state index contributed by atoms with van der Waals surface area (Å²) in [5.74, 6) is -0.451. The molecule has 3 rings (SSSR count). The number of hydrogen-bond acceptors (Lipinski definition) is 5. The molecule has 0 aliphatic heterocycles. The highest BCUT2D eigenvalue weighted by Crippen LogP contribution is 2.34. The Morgan fingerprint density at radius 2 is 1.85 bits per heavy atom. The third-order valence-corrected chi connectivity index (χ3v) is 4.42. The molecule has 0 unspecified atom stereocenters. The Labute approximate surface area is 207 Å². The maximum Gasteiger partial charge on any atom is 0.238 e. The molecule has 5 nitrogen and oxygen atoms in total. The largest absolute Gasteiger partial charge is 0.367 e. The number of aryl methyl sites for hydroxylation is 1. The van der Waals surface area contributed by atoms with Crippen LogP contribution in [0.3, 0.4) is 0 Å². The average molecular weight is 487 g/mol. The second-order valence-electron chi connectivity index (χ2n) is 7.59. The summed E-state index contributed by atoms with van der Waals surface area (Å²) in [5, 5.41) is 4.07. The number of nitrogens with two attached hydrogens (primary N) is 1. The van der Waals surface area contributed by atoms with Gasteiger partial charge in [0, 0.05) is 17.7 Å². The SMILES string of the molecule is CC.CCC(F)F.[B]C([B])(S)Cc1nc(N)nn2cc(F)c(-c3ccc(N=C(C)C)c(C)c3)c12. The Kier molecular flexibility index (Phi) is 11.2. The molecule has 180 valence electrons. The summed E-state index contributed by atoms with van der Waals surface area (Å²) in [6.07, 6.45) is -0.800. The molecule has 0 amide bonds. The van der Waals surface area contributed by atoms with Crippen molar-refractivity contribution in [2.75, 3.05) is 5.73 Å². The van der Waals surface area contributed by atoms with Crippen molar-refractivity contribution in [1.29, 1.82) is 0 Å². The van der Waals surface area contributed by atoms with Crippen LogP contribution in [0.1, 0.15) is 52.3 Å². The topological polar surface area (TPSA) is 68.6 Å². The predicted octanol–water partition coefficient (Wildman–Crippen LogP) is 5.69. The van der Waals surface area contributed by atoms with Gasteiger partial charge in [0.1, 0.15) is 0 Å². The quantitative estimate of drug-likeness (QED) is 0.276. The molecule has 0 aliphatic rings. The molecule has 0 aliphatic carbocycles. The van der Waals surface area contributed by atoms with Crippen LogP contribution in [-0.2, 0) is 6.42 Å². The van der Waals surface area contributed by atoms with Crippen molar-refractivity contribution in [3.05, 3.63) is 41.5 Å². The fourth-order valence-corrected chi connectivity index (χ4v) is 3.14. The number of nitrogens with zero attached hydrogens (tertiary/aromatic N) is 4. The summed E-state index contributed by atoms with van der Waals surface area (Å²) < 4.78 is 36.4. The molecule has 0 saturated carbocycles. The molecule has 0 bridgehead atoms. The number of hydrogen-bond donors (Lipinski definition) is 2. The first-order valence-corrected chi connectivity index (χ1v) is 11.3. The fraction of sp³-hybridized carbons (Fsp3) is 0.435. The minimum atomic E-state index is -2.12. The number of anilines is 1. The van der Waals surface area contributed by atoms with Gasteiger partial charge in [-0.15, -0.1) is 5.10 Å². The van der Waals surface area contributed by atoms with Gasteiger partial charge in [0.25, 0.3) is 0 Å². The van der Waals surface area contributed by atoms with Gasteiger partial charge in [-0.25, -0.2) is 22.7 Å². The number of nitrogen functional groups attached to an aromatic ring is 1. The lowest BCUT2D eigenvalue weighted by Gasteiger charge is -2.18. The van der Waals surface area contributed by atoms with Crippen molar-refractivity contribution in [1.82, 2.24) is 14.6 Å². The molecule has 0 atom stereocenters. The molecule has 4 radical (unpaired) electrons. The Morgan fingerprint density at radius 1 is 1.26 bits per heavy atom. The van der Waals surface area contributed by atoms with Crippen LogP contribution < -0.4 is 5.73 Å². The molecule has 11 heteroatoms. The molecule has 34 heavy (non-hydrogen) atoms. The lowest BCUT2D eigenvalue weighted by molar-refractivity contribution is 0.144. The molecule has 0 spiro atoms. The summed E-state index contributed by atoms with van der Waals surface area (Å²) >= 11 is 4.15. The first-order chi connectivity index (χ1) is 15.8. The molecule has 1 aromatic carbocycles. The van der Waals surface area contributed by atoms with Crippen LogP contribution in [0.4, 0.5) is 24.8 Å². The van der Waals surface area contributed by atoms with Gasteiger partial charge in [-0.3, -0.25) is 4.99 Å². The van der Waals surface area contributed by atoms with E-state index >= 15 is 0 Å². The number of alkyl halides is 2. The zero-order valence-corrected chi connectivity index (χ0v) is 21.3. The van der Waals surface area contributed by atoms with E-state index in [-0.39, 0.29) is 18.8 Å². The Bertz CT molecular complexity index is 1120. The number of halogens is 3.